The minimum Gasteiger partial charge on any atom is -0.429 e. The van der Waals surface area contributed by atoms with Gasteiger partial charge in [0.25, 0.3) is 0 Å². The van der Waals surface area contributed by atoms with E-state index in [4.69, 9.17) is 0 Å². The van der Waals surface area contributed by atoms with Gasteiger partial charge in [0.2, 0.25) is 0 Å². The highest BCUT2D eigenvalue weighted by molar-refractivity contribution is 5.60. The number of halogens is 7. The number of rotatable bonds is 3. The normalized spacial score (nSPS) is 14.2. The topological polar surface area (TPSA) is 35.5 Å². The molecule has 0 aliphatic carbocycles. The lowest BCUT2D eigenvalue weighted by atomic mass is 10.2. The van der Waals surface area contributed by atoms with Crippen molar-refractivity contribution in [2.24, 2.45) is 0 Å². The molecule has 0 aliphatic rings. The number of ether oxygens (including phenoxy) is 2. The standard InChI is InChI=1S/C9H11F7O3/c1-6(2,3)19-5(17)18-4-7(10,11)8(12,13)9(14,15)16/h4H2,1-3H3. The molecule has 0 saturated carbocycles. The number of carbonyl (C=O) groups excluding carboxylic acids is 1. The largest absolute Gasteiger partial charge is 0.509 e. The van der Waals surface area contributed by atoms with Crippen LogP contribution in [0, 0.1) is 0 Å². The molecule has 0 fully saturated rings. The van der Waals surface area contributed by atoms with E-state index in [9.17, 15) is 35.5 Å². The van der Waals surface area contributed by atoms with Crippen LogP contribution < -0.4 is 0 Å². The zero-order chi connectivity index (χ0) is 15.7. The molecule has 10 heteroatoms. The first-order valence-electron chi connectivity index (χ1n) is 4.78. The van der Waals surface area contributed by atoms with Crippen LogP contribution in [0.2, 0.25) is 0 Å². The molecule has 0 unspecified atom stereocenters. The molecule has 0 bridgehead atoms. The fraction of sp³-hybridized carbons (Fsp3) is 0.889. The van der Waals surface area contributed by atoms with E-state index in [0.29, 0.717) is 0 Å². The Kier molecular flexibility index (Phi) is 4.72. The van der Waals surface area contributed by atoms with E-state index in [-0.39, 0.29) is 0 Å². The van der Waals surface area contributed by atoms with Gasteiger partial charge in [-0.05, 0) is 20.8 Å². The molecule has 0 rings (SSSR count). The van der Waals surface area contributed by atoms with Crippen LogP contribution >= 0.6 is 0 Å². The van der Waals surface area contributed by atoms with E-state index < -0.39 is 36.4 Å². The summed E-state index contributed by atoms with van der Waals surface area (Å²) in [5, 5.41) is 0. The number of hydrogen-bond acceptors (Lipinski definition) is 3. The van der Waals surface area contributed by atoms with Gasteiger partial charge in [0.15, 0.2) is 6.61 Å². The van der Waals surface area contributed by atoms with Crippen LogP contribution in [0.4, 0.5) is 35.5 Å². The highest BCUT2D eigenvalue weighted by Gasteiger charge is 2.73. The van der Waals surface area contributed by atoms with Gasteiger partial charge in [-0.2, -0.15) is 30.7 Å². The quantitative estimate of drug-likeness (QED) is 0.588. The van der Waals surface area contributed by atoms with E-state index >= 15 is 0 Å². The average Bonchev–Trinajstić information content (AvgIpc) is 2.10. The fourth-order valence-corrected chi connectivity index (χ4v) is 0.727. The van der Waals surface area contributed by atoms with Crippen molar-refractivity contribution in [3.05, 3.63) is 0 Å². The second-order valence-electron chi connectivity index (χ2n) is 4.53. The van der Waals surface area contributed by atoms with E-state index in [1.54, 1.807) is 0 Å². The second-order valence-corrected chi connectivity index (χ2v) is 4.53. The van der Waals surface area contributed by atoms with Crippen molar-refractivity contribution in [1.29, 1.82) is 0 Å². The van der Waals surface area contributed by atoms with Crippen LogP contribution in [0.1, 0.15) is 20.8 Å². The second kappa shape index (κ2) is 5.04. The Morgan fingerprint density at radius 1 is 0.947 bits per heavy atom. The first-order valence-corrected chi connectivity index (χ1v) is 4.78. The summed E-state index contributed by atoms with van der Waals surface area (Å²) in [7, 11) is 0. The molecule has 0 aromatic rings. The van der Waals surface area contributed by atoms with Crippen molar-refractivity contribution < 1.29 is 45.0 Å². The van der Waals surface area contributed by atoms with Crippen LogP contribution in [-0.4, -0.2) is 36.4 Å². The molecule has 19 heavy (non-hydrogen) atoms. The lowest BCUT2D eigenvalue weighted by molar-refractivity contribution is -0.359. The Morgan fingerprint density at radius 2 is 1.37 bits per heavy atom. The third kappa shape index (κ3) is 4.75. The smallest absolute Gasteiger partial charge is 0.429 e. The van der Waals surface area contributed by atoms with Gasteiger partial charge in [0.05, 0.1) is 0 Å². The van der Waals surface area contributed by atoms with Gasteiger partial charge < -0.3 is 9.47 Å². The molecule has 114 valence electrons. The Labute approximate surface area is 103 Å². The van der Waals surface area contributed by atoms with Crippen LogP contribution in [-0.2, 0) is 9.47 Å². The van der Waals surface area contributed by atoms with Crippen molar-refractivity contribution in [1.82, 2.24) is 0 Å². The summed E-state index contributed by atoms with van der Waals surface area (Å²) in [6.45, 7) is 1.50. The van der Waals surface area contributed by atoms with Gasteiger partial charge in [0.1, 0.15) is 5.60 Å². The maximum absolute atomic E-state index is 12.7. The highest BCUT2D eigenvalue weighted by atomic mass is 19.4. The summed E-state index contributed by atoms with van der Waals surface area (Å²) < 4.78 is 93.2. The Bertz CT molecular complexity index is 330. The summed E-state index contributed by atoms with van der Waals surface area (Å²) in [6, 6.07) is 0. The molecule has 0 aromatic heterocycles. The maximum atomic E-state index is 12.7. The molecule has 0 atom stereocenters. The predicted molar refractivity (Wildman–Crippen MR) is 48.1 cm³/mol. The van der Waals surface area contributed by atoms with E-state index in [2.05, 4.69) is 9.47 Å². The van der Waals surface area contributed by atoms with Crippen LogP contribution in [0.15, 0.2) is 0 Å². The van der Waals surface area contributed by atoms with Gasteiger partial charge in [0, 0.05) is 0 Å². The lowest BCUT2D eigenvalue weighted by Crippen LogP contribution is -2.54. The van der Waals surface area contributed by atoms with E-state index in [1.165, 1.54) is 20.8 Å². The summed E-state index contributed by atoms with van der Waals surface area (Å²) >= 11 is 0. The van der Waals surface area contributed by atoms with Crippen molar-refractivity contribution >= 4 is 6.16 Å². The summed E-state index contributed by atoms with van der Waals surface area (Å²) in [6.07, 6.45) is -8.24. The molecule has 0 radical (unpaired) electrons. The van der Waals surface area contributed by atoms with Crippen molar-refractivity contribution in [2.75, 3.05) is 6.61 Å². The molecular weight excluding hydrogens is 289 g/mol. The maximum Gasteiger partial charge on any atom is 0.509 e. The Morgan fingerprint density at radius 3 is 1.68 bits per heavy atom. The van der Waals surface area contributed by atoms with Crippen molar-refractivity contribution in [3.8, 4) is 0 Å². The van der Waals surface area contributed by atoms with Gasteiger partial charge in [-0.3, -0.25) is 0 Å². The van der Waals surface area contributed by atoms with Crippen molar-refractivity contribution in [2.45, 2.75) is 44.4 Å². The monoisotopic (exact) mass is 300 g/mol. The molecular formula is C9H11F7O3. The van der Waals surface area contributed by atoms with Gasteiger partial charge in [-0.1, -0.05) is 0 Å². The van der Waals surface area contributed by atoms with E-state index in [0.717, 1.165) is 0 Å². The van der Waals surface area contributed by atoms with E-state index in [1.807, 2.05) is 0 Å². The summed E-state index contributed by atoms with van der Waals surface area (Å²) in [5.74, 6) is -11.9. The number of carbonyl (C=O) groups is 1. The zero-order valence-corrected chi connectivity index (χ0v) is 10.1. The fourth-order valence-electron chi connectivity index (χ4n) is 0.727. The number of hydrogen-bond donors (Lipinski definition) is 0. The Hall–Kier alpha value is -1.22. The molecule has 0 aliphatic heterocycles. The first-order chi connectivity index (χ1) is 8.10. The first kappa shape index (κ1) is 17.8. The van der Waals surface area contributed by atoms with Gasteiger partial charge in [-0.15, -0.1) is 0 Å². The molecule has 0 N–H and O–H groups in total. The third-order valence-corrected chi connectivity index (χ3v) is 1.58. The molecule has 0 amide bonds. The molecule has 0 aromatic carbocycles. The molecule has 0 heterocycles. The van der Waals surface area contributed by atoms with Crippen LogP contribution in [0.25, 0.3) is 0 Å². The molecule has 0 saturated heterocycles. The molecule has 3 nitrogen and oxygen atoms in total. The van der Waals surface area contributed by atoms with Crippen LogP contribution in [0.3, 0.4) is 0 Å². The SMILES string of the molecule is CC(C)(C)OC(=O)OCC(F)(F)C(F)(F)C(F)(F)F. The van der Waals surface area contributed by atoms with Gasteiger partial charge in [-0.25, -0.2) is 4.79 Å². The molecule has 0 spiro atoms. The van der Waals surface area contributed by atoms with Crippen LogP contribution in [0.5, 0.6) is 0 Å². The van der Waals surface area contributed by atoms with Crippen molar-refractivity contribution in [3.63, 3.8) is 0 Å². The predicted octanol–water partition coefficient (Wildman–Crippen LogP) is 3.77. The summed E-state index contributed by atoms with van der Waals surface area (Å²) in [5.41, 5.74) is -1.17. The Balaban J connectivity index is 4.68. The zero-order valence-electron chi connectivity index (χ0n) is 10.1. The third-order valence-electron chi connectivity index (χ3n) is 1.58. The minimum absolute atomic E-state index is 1.17. The minimum atomic E-state index is -6.46. The average molecular weight is 300 g/mol. The number of alkyl halides is 7. The van der Waals surface area contributed by atoms with Gasteiger partial charge >= 0.3 is 24.2 Å². The summed E-state index contributed by atoms with van der Waals surface area (Å²) in [4.78, 5) is 10.8. The lowest BCUT2D eigenvalue weighted by Gasteiger charge is -2.28. The highest BCUT2D eigenvalue weighted by Crippen LogP contribution is 2.46.